The number of halogens is 3. The summed E-state index contributed by atoms with van der Waals surface area (Å²) in [4.78, 5) is 12.4. The maximum Gasteiger partial charge on any atom is 0.416 e. The molecule has 1 aromatic carbocycles. The summed E-state index contributed by atoms with van der Waals surface area (Å²) in [5, 5.41) is 6.13. The molecule has 2 N–H and O–H groups in total. The van der Waals surface area contributed by atoms with Crippen LogP contribution in [-0.2, 0) is 16.4 Å². The van der Waals surface area contributed by atoms with E-state index in [4.69, 9.17) is 0 Å². The Labute approximate surface area is 134 Å². The Morgan fingerprint density at radius 1 is 1.30 bits per heavy atom. The highest BCUT2D eigenvalue weighted by atomic mass is 19.4. The van der Waals surface area contributed by atoms with Crippen molar-refractivity contribution < 1.29 is 18.0 Å². The highest BCUT2D eigenvalue weighted by Gasteiger charge is 2.34. The molecule has 1 heterocycles. The lowest BCUT2D eigenvalue weighted by atomic mass is 9.83. The van der Waals surface area contributed by atoms with E-state index in [1.54, 1.807) is 19.9 Å². The summed E-state index contributed by atoms with van der Waals surface area (Å²) < 4.78 is 38.5. The molecule has 1 aromatic rings. The maximum absolute atomic E-state index is 12.8. The fourth-order valence-corrected chi connectivity index (χ4v) is 2.79. The Morgan fingerprint density at radius 3 is 2.61 bits per heavy atom. The molecule has 0 spiro atoms. The second-order valence-electron chi connectivity index (χ2n) is 6.61. The average molecular weight is 328 g/mol. The van der Waals surface area contributed by atoms with Gasteiger partial charge in [-0.2, -0.15) is 13.2 Å². The van der Waals surface area contributed by atoms with E-state index in [0.717, 1.165) is 38.1 Å². The van der Waals surface area contributed by atoms with E-state index in [1.807, 2.05) is 0 Å². The smallest absolute Gasteiger partial charge is 0.355 e. The molecular weight excluding hydrogens is 305 g/mol. The quantitative estimate of drug-likeness (QED) is 0.872. The Balaban J connectivity index is 2.00. The number of carbonyl (C=O) groups is 1. The van der Waals surface area contributed by atoms with Crippen LogP contribution >= 0.6 is 0 Å². The summed E-state index contributed by atoms with van der Waals surface area (Å²) in [6.07, 6.45) is -2.41. The molecule has 1 unspecified atom stereocenters. The maximum atomic E-state index is 12.8. The van der Waals surface area contributed by atoms with Crippen LogP contribution in [0.25, 0.3) is 0 Å². The SMILES string of the molecule is CC(C)(C(=O)NCCC1CCNC1)c1cccc(C(F)(F)F)c1. The van der Waals surface area contributed by atoms with Crippen molar-refractivity contribution in [1.29, 1.82) is 0 Å². The standard InChI is InChI=1S/C17H23F3N2O/c1-16(2,13-4-3-5-14(10-13)17(18,19)20)15(23)22-9-7-12-6-8-21-11-12/h3-5,10,12,21H,6-9,11H2,1-2H3,(H,22,23). The van der Waals surface area contributed by atoms with Gasteiger partial charge in [0.2, 0.25) is 5.91 Å². The molecule has 128 valence electrons. The van der Waals surface area contributed by atoms with Gasteiger partial charge in [0.15, 0.2) is 0 Å². The van der Waals surface area contributed by atoms with Gasteiger partial charge in [-0.05, 0) is 57.3 Å². The molecule has 1 fully saturated rings. The largest absolute Gasteiger partial charge is 0.416 e. The van der Waals surface area contributed by atoms with Crippen molar-refractivity contribution in [2.75, 3.05) is 19.6 Å². The van der Waals surface area contributed by atoms with Gasteiger partial charge >= 0.3 is 6.18 Å². The molecule has 0 bridgehead atoms. The lowest BCUT2D eigenvalue weighted by Crippen LogP contribution is -2.41. The molecule has 1 atom stereocenters. The van der Waals surface area contributed by atoms with Crippen molar-refractivity contribution in [3.63, 3.8) is 0 Å². The Bertz CT molecular complexity index is 549. The van der Waals surface area contributed by atoms with E-state index in [1.165, 1.54) is 6.07 Å². The number of carbonyl (C=O) groups excluding carboxylic acids is 1. The van der Waals surface area contributed by atoms with E-state index in [2.05, 4.69) is 10.6 Å². The lowest BCUT2D eigenvalue weighted by Gasteiger charge is -2.25. The fraction of sp³-hybridized carbons (Fsp3) is 0.588. The van der Waals surface area contributed by atoms with E-state index < -0.39 is 17.2 Å². The molecule has 1 saturated heterocycles. The molecule has 1 aliphatic heterocycles. The molecule has 0 aliphatic carbocycles. The zero-order valence-electron chi connectivity index (χ0n) is 13.5. The first kappa shape index (κ1) is 17.8. The molecule has 1 aliphatic rings. The summed E-state index contributed by atoms with van der Waals surface area (Å²) in [7, 11) is 0. The van der Waals surface area contributed by atoms with Crippen LogP contribution in [0.15, 0.2) is 24.3 Å². The third-order valence-corrected chi connectivity index (χ3v) is 4.48. The van der Waals surface area contributed by atoms with Crippen molar-refractivity contribution in [3.05, 3.63) is 35.4 Å². The van der Waals surface area contributed by atoms with Gasteiger partial charge in [-0.15, -0.1) is 0 Å². The number of rotatable bonds is 5. The minimum atomic E-state index is -4.40. The number of nitrogens with one attached hydrogen (secondary N) is 2. The normalized spacial score (nSPS) is 18.9. The fourth-order valence-electron chi connectivity index (χ4n) is 2.79. The van der Waals surface area contributed by atoms with Gasteiger partial charge in [0, 0.05) is 6.54 Å². The molecule has 1 amide bonds. The van der Waals surface area contributed by atoms with Crippen molar-refractivity contribution >= 4 is 5.91 Å². The summed E-state index contributed by atoms with van der Waals surface area (Å²) >= 11 is 0. The second kappa shape index (κ2) is 6.91. The highest BCUT2D eigenvalue weighted by molar-refractivity contribution is 5.87. The molecule has 0 radical (unpaired) electrons. The van der Waals surface area contributed by atoms with Gasteiger partial charge in [-0.3, -0.25) is 4.79 Å². The van der Waals surface area contributed by atoms with E-state index in [0.29, 0.717) is 18.0 Å². The molecule has 0 saturated carbocycles. The van der Waals surface area contributed by atoms with Crippen molar-refractivity contribution in [2.24, 2.45) is 5.92 Å². The monoisotopic (exact) mass is 328 g/mol. The zero-order chi connectivity index (χ0) is 17.1. The first-order valence-corrected chi connectivity index (χ1v) is 7.88. The number of benzene rings is 1. The summed E-state index contributed by atoms with van der Waals surface area (Å²) in [6.45, 7) is 5.82. The van der Waals surface area contributed by atoms with Crippen molar-refractivity contribution in [2.45, 2.75) is 38.3 Å². The van der Waals surface area contributed by atoms with Crippen LogP contribution in [0.2, 0.25) is 0 Å². The van der Waals surface area contributed by atoms with Gasteiger partial charge in [-0.1, -0.05) is 18.2 Å². The van der Waals surface area contributed by atoms with Crippen molar-refractivity contribution in [3.8, 4) is 0 Å². The van der Waals surface area contributed by atoms with Gasteiger partial charge in [0.25, 0.3) is 0 Å². The van der Waals surface area contributed by atoms with Gasteiger partial charge in [0.1, 0.15) is 0 Å². The van der Waals surface area contributed by atoms with E-state index >= 15 is 0 Å². The molecule has 0 aromatic heterocycles. The molecular formula is C17H23F3N2O. The number of alkyl halides is 3. The second-order valence-corrected chi connectivity index (χ2v) is 6.61. The number of hydrogen-bond donors (Lipinski definition) is 2. The highest BCUT2D eigenvalue weighted by Crippen LogP contribution is 2.32. The van der Waals surface area contributed by atoms with Crippen LogP contribution in [-0.4, -0.2) is 25.5 Å². The summed E-state index contributed by atoms with van der Waals surface area (Å²) in [5.74, 6) is 0.315. The zero-order valence-corrected chi connectivity index (χ0v) is 13.5. The minimum absolute atomic E-state index is 0.247. The number of amides is 1. The van der Waals surface area contributed by atoms with Crippen LogP contribution in [0.4, 0.5) is 13.2 Å². The predicted molar refractivity (Wildman–Crippen MR) is 83.1 cm³/mol. The third kappa shape index (κ3) is 4.47. The predicted octanol–water partition coefficient (Wildman–Crippen LogP) is 3.10. The average Bonchev–Trinajstić information content (AvgIpc) is 2.99. The van der Waals surface area contributed by atoms with Crippen LogP contribution in [0.1, 0.15) is 37.8 Å². The van der Waals surface area contributed by atoms with Crippen LogP contribution < -0.4 is 10.6 Å². The summed E-state index contributed by atoms with van der Waals surface area (Å²) in [6, 6.07) is 4.98. The van der Waals surface area contributed by atoms with Gasteiger partial charge < -0.3 is 10.6 Å². The van der Waals surface area contributed by atoms with E-state index in [-0.39, 0.29) is 5.91 Å². The van der Waals surface area contributed by atoms with Crippen LogP contribution in [0.3, 0.4) is 0 Å². The third-order valence-electron chi connectivity index (χ3n) is 4.48. The van der Waals surface area contributed by atoms with Gasteiger partial charge in [-0.25, -0.2) is 0 Å². The van der Waals surface area contributed by atoms with Crippen LogP contribution in [0.5, 0.6) is 0 Å². The summed E-state index contributed by atoms with van der Waals surface area (Å²) in [5.41, 5.74) is -1.37. The van der Waals surface area contributed by atoms with Gasteiger partial charge in [0.05, 0.1) is 11.0 Å². The first-order valence-electron chi connectivity index (χ1n) is 7.88. The Kier molecular flexibility index (Phi) is 5.34. The number of hydrogen-bond acceptors (Lipinski definition) is 2. The molecule has 3 nitrogen and oxygen atoms in total. The molecule has 23 heavy (non-hydrogen) atoms. The lowest BCUT2D eigenvalue weighted by molar-refractivity contribution is -0.137. The Hall–Kier alpha value is -1.56. The topological polar surface area (TPSA) is 41.1 Å². The molecule has 2 rings (SSSR count). The van der Waals surface area contributed by atoms with Crippen molar-refractivity contribution in [1.82, 2.24) is 10.6 Å². The Morgan fingerprint density at radius 2 is 2.00 bits per heavy atom. The van der Waals surface area contributed by atoms with Crippen LogP contribution in [0, 0.1) is 5.92 Å². The van der Waals surface area contributed by atoms with E-state index in [9.17, 15) is 18.0 Å². The molecule has 6 heteroatoms. The minimum Gasteiger partial charge on any atom is -0.355 e. The first-order chi connectivity index (χ1) is 10.7.